The monoisotopic (exact) mass is 766 g/mol. The van der Waals surface area contributed by atoms with E-state index in [4.69, 9.17) is 9.72 Å². The third kappa shape index (κ3) is 6.58. The number of fused-ring (bicyclic) bond motifs is 5. The molecule has 3 aliphatic carbocycles. The number of likely N-dealkylation sites (tertiary alicyclic amines) is 1. The van der Waals surface area contributed by atoms with Crippen LogP contribution in [0.1, 0.15) is 91.0 Å². The Morgan fingerprint density at radius 1 is 0.877 bits per heavy atom. The number of pyridine rings is 1. The number of imidazole rings is 2. The fourth-order valence-electron chi connectivity index (χ4n) is 9.78. The number of methoxy groups -OCH3 is 1. The lowest BCUT2D eigenvalue weighted by atomic mass is 9.78. The number of amides is 3. The summed E-state index contributed by atoms with van der Waals surface area (Å²) >= 11 is 0. The van der Waals surface area contributed by atoms with Crippen LogP contribution in [-0.4, -0.2) is 73.2 Å². The summed E-state index contributed by atoms with van der Waals surface area (Å²) in [7, 11) is 1.28. The van der Waals surface area contributed by atoms with Crippen LogP contribution in [0, 0.1) is 23.7 Å². The SMILES string of the molecule is COC(=O)N[C@H](C(=O)N1CCC[C@H]1c1ncc(-c2ccc3c(c2)C(=O)c2cc(-c4cnc(C5C6CCC(C6)[C@H]5C(=O)NCc5cccnc5)[nH]4)ccc2-3)[nH]1)C(C)C. The minimum atomic E-state index is -0.718. The van der Waals surface area contributed by atoms with E-state index in [0.29, 0.717) is 41.9 Å². The molecule has 5 aromatic rings. The number of ketones is 1. The molecule has 292 valence electrons. The lowest BCUT2D eigenvalue weighted by Crippen LogP contribution is -2.51. The average Bonchev–Trinajstić information content (AvgIpc) is 4.10. The summed E-state index contributed by atoms with van der Waals surface area (Å²) in [5, 5.41) is 5.85. The van der Waals surface area contributed by atoms with Crippen LogP contribution in [0.2, 0.25) is 0 Å². The Bertz CT molecular complexity index is 2370. The molecule has 0 spiro atoms. The van der Waals surface area contributed by atoms with Gasteiger partial charge in [0.25, 0.3) is 0 Å². The van der Waals surface area contributed by atoms with E-state index in [-0.39, 0.29) is 41.4 Å². The number of H-pyrrole nitrogens is 2. The maximum atomic E-state index is 14.0. The molecule has 6 atom stereocenters. The molecule has 4 aliphatic rings. The minimum absolute atomic E-state index is 0.0193. The van der Waals surface area contributed by atoms with Crippen molar-refractivity contribution in [2.45, 2.75) is 70.5 Å². The molecular formula is C44H46N8O5. The zero-order chi connectivity index (χ0) is 39.4. The summed E-state index contributed by atoms with van der Waals surface area (Å²) in [5.41, 5.74) is 7.24. The topological polar surface area (TPSA) is 175 Å². The van der Waals surface area contributed by atoms with E-state index >= 15 is 0 Å². The second kappa shape index (κ2) is 14.8. The Balaban J connectivity index is 0.911. The number of nitrogens with one attached hydrogen (secondary N) is 4. The first-order valence-corrected chi connectivity index (χ1v) is 19.9. The van der Waals surface area contributed by atoms with Crippen LogP contribution in [-0.2, 0) is 20.9 Å². The number of hydrogen-bond donors (Lipinski definition) is 4. The molecule has 4 heterocycles. The van der Waals surface area contributed by atoms with Crippen molar-refractivity contribution in [3.63, 3.8) is 0 Å². The Labute approximate surface area is 330 Å². The third-order valence-electron chi connectivity index (χ3n) is 12.6. The number of alkyl carbamates (subject to hydrolysis) is 1. The molecule has 0 radical (unpaired) electrons. The molecule has 57 heavy (non-hydrogen) atoms. The highest BCUT2D eigenvalue weighted by molar-refractivity contribution is 6.22. The van der Waals surface area contributed by atoms with Crippen LogP contribution in [0.4, 0.5) is 4.79 Å². The predicted octanol–water partition coefficient (Wildman–Crippen LogP) is 6.56. The summed E-state index contributed by atoms with van der Waals surface area (Å²) in [5.74, 6) is 1.86. The molecule has 3 amide bonds. The summed E-state index contributed by atoms with van der Waals surface area (Å²) in [6, 6.07) is 14.7. The van der Waals surface area contributed by atoms with Gasteiger partial charge in [-0.1, -0.05) is 44.2 Å². The van der Waals surface area contributed by atoms with Crippen LogP contribution in [0.25, 0.3) is 33.6 Å². The largest absolute Gasteiger partial charge is 0.453 e. The maximum Gasteiger partial charge on any atom is 0.407 e. The van der Waals surface area contributed by atoms with Gasteiger partial charge in [-0.25, -0.2) is 14.8 Å². The smallest absolute Gasteiger partial charge is 0.407 e. The van der Waals surface area contributed by atoms with Gasteiger partial charge >= 0.3 is 6.09 Å². The molecule has 1 saturated heterocycles. The first-order chi connectivity index (χ1) is 27.7. The van der Waals surface area contributed by atoms with Crippen LogP contribution in [0.3, 0.4) is 0 Å². The molecule has 13 heteroatoms. The van der Waals surface area contributed by atoms with E-state index in [1.807, 2.05) is 68.6 Å². The standard InChI is InChI=1S/C44H46N8O5/c1-23(2)38(51-44(56)57-3)43(55)52-15-5-7-35(52)40-46-21-33(49-40)25-10-12-29-30-13-11-26(18-32(30)39(53)31(29)17-25)34-22-47-41(50-34)36-27-8-9-28(16-27)37(36)42(54)48-20-24-6-4-14-45-19-24/h4,6,10-14,17-19,21-23,27-28,35-38H,5,7-9,15-16,20H2,1-3H3,(H,46,49)(H,47,50)(H,48,54)(H,51,56)/t27?,28?,35-,36?,37+,38-/m0/s1. The zero-order valence-electron chi connectivity index (χ0n) is 32.2. The molecule has 3 unspecified atom stereocenters. The quantitative estimate of drug-likeness (QED) is 0.121. The van der Waals surface area contributed by atoms with Crippen molar-refractivity contribution in [3.05, 3.63) is 102 Å². The normalized spacial score (nSPS) is 22.4. The number of benzene rings is 2. The van der Waals surface area contributed by atoms with Gasteiger partial charge in [-0.05, 0) is 84.7 Å². The zero-order valence-corrected chi connectivity index (χ0v) is 32.2. The molecular weight excluding hydrogens is 721 g/mol. The Kier molecular flexibility index (Phi) is 9.46. The molecule has 3 aromatic heterocycles. The number of ether oxygens (including phenoxy) is 1. The number of hydrogen-bond acceptors (Lipinski definition) is 8. The Morgan fingerprint density at radius 3 is 2.23 bits per heavy atom. The van der Waals surface area contributed by atoms with Gasteiger partial charge in [0.15, 0.2) is 5.78 Å². The minimum Gasteiger partial charge on any atom is -0.453 e. The van der Waals surface area contributed by atoms with Gasteiger partial charge in [-0.2, -0.15) is 0 Å². The predicted molar refractivity (Wildman–Crippen MR) is 211 cm³/mol. The van der Waals surface area contributed by atoms with E-state index in [9.17, 15) is 19.2 Å². The van der Waals surface area contributed by atoms with Crippen molar-refractivity contribution in [3.8, 4) is 33.6 Å². The molecule has 2 bridgehead atoms. The molecule has 2 saturated carbocycles. The van der Waals surface area contributed by atoms with Gasteiger partial charge in [0, 0.05) is 53.7 Å². The van der Waals surface area contributed by atoms with E-state index in [0.717, 1.165) is 77.1 Å². The maximum absolute atomic E-state index is 14.0. The highest BCUT2D eigenvalue weighted by Crippen LogP contribution is 2.56. The van der Waals surface area contributed by atoms with E-state index in [1.165, 1.54) is 7.11 Å². The van der Waals surface area contributed by atoms with Gasteiger partial charge < -0.3 is 30.2 Å². The van der Waals surface area contributed by atoms with Crippen molar-refractivity contribution in [1.82, 2.24) is 40.5 Å². The van der Waals surface area contributed by atoms with Crippen LogP contribution < -0.4 is 10.6 Å². The van der Waals surface area contributed by atoms with Gasteiger partial charge in [0.05, 0.1) is 42.9 Å². The fraction of sp³-hybridized carbons (Fsp3) is 0.386. The van der Waals surface area contributed by atoms with Gasteiger partial charge in [-0.15, -0.1) is 0 Å². The number of nitrogens with zero attached hydrogens (tertiary/aromatic N) is 4. The van der Waals surface area contributed by atoms with Gasteiger partial charge in [0.2, 0.25) is 11.8 Å². The molecule has 2 aromatic carbocycles. The number of aromatic nitrogens is 5. The second-order valence-electron chi connectivity index (χ2n) is 16.2. The third-order valence-corrected chi connectivity index (χ3v) is 12.6. The summed E-state index contributed by atoms with van der Waals surface area (Å²) in [6.45, 7) is 4.79. The van der Waals surface area contributed by atoms with E-state index in [1.54, 1.807) is 23.5 Å². The molecule has 1 aliphatic heterocycles. The van der Waals surface area contributed by atoms with Crippen molar-refractivity contribution < 1.29 is 23.9 Å². The summed E-state index contributed by atoms with van der Waals surface area (Å²) in [4.78, 5) is 75.7. The number of rotatable bonds is 10. The first kappa shape index (κ1) is 36.5. The lowest BCUT2D eigenvalue weighted by molar-refractivity contribution is -0.135. The van der Waals surface area contributed by atoms with Gasteiger partial charge in [-0.3, -0.25) is 19.4 Å². The van der Waals surface area contributed by atoms with E-state index < -0.39 is 12.1 Å². The van der Waals surface area contributed by atoms with Crippen molar-refractivity contribution in [2.24, 2.45) is 23.7 Å². The first-order valence-electron chi connectivity index (χ1n) is 19.9. The highest BCUT2D eigenvalue weighted by atomic mass is 16.5. The Hall–Kier alpha value is -6.11. The van der Waals surface area contributed by atoms with Crippen LogP contribution in [0.15, 0.2) is 73.3 Å². The van der Waals surface area contributed by atoms with E-state index in [2.05, 4.69) is 30.6 Å². The van der Waals surface area contributed by atoms with Crippen molar-refractivity contribution in [2.75, 3.05) is 13.7 Å². The van der Waals surface area contributed by atoms with Crippen LogP contribution >= 0.6 is 0 Å². The molecule has 9 rings (SSSR count). The molecule has 4 N–H and O–H groups in total. The summed E-state index contributed by atoms with van der Waals surface area (Å²) < 4.78 is 4.77. The number of carbonyl (C=O) groups is 4. The molecule has 13 nitrogen and oxygen atoms in total. The van der Waals surface area contributed by atoms with Gasteiger partial charge in [0.1, 0.15) is 17.7 Å². The fourth-order valence-corrected chi connectivity index (χ4v) is 9.78. The molecule has 3 fully saturated rings. The number of carbonyl (C=O) groups excluding carboxylic acids is 4. The Morgan fingerprint density at radius 2 is 1.56 bits per heavy atom. The van der Waals surface area contributed by atoms with Crippen molar-refractivity contribution in [1.29, 1.82) is 0 Å². The average molecular weight is 767 g/mol. The summed E-state index contributed by atoms with van der Waals surface area (Å²) in [6.07, 6.45) is 11.2. The highest BCUT2D eigenvalue weighted by Gasteiger charge is 2.52. The van der Waals surface area contributed by atoms with Crippen LogP contribution in [0.5, 0.6) is 0 Å². The lowest BCUT2D eigenvalue weighted by Gasteiger charge is -2.30. The van der Waals surface area contributed by atoms with Crippen molar-refractivity contribution >= 4 is 23.7 Å². The number of aromatic amines is 2. The second-order valence-corrected chi connectivity index (χ2v) is 16.2.